The smallest absolute Gasteiger partial charge is 0.337 e. The van der Waals surface area contributed by atoms with E-state index in [1.807, 2.05) is 24.3 Å². The normalized spacial score (nSPS) is 18.0. The Balaban J connectivity index is 2.31. The molecule has 1 aliphatic rings. The molecule has 1 aliphatic carbocycles. The first kappa shape index (κ1) is 10.9. The molecule has 0 spiro atoms. The van der Waals surface area contributed by atoms with Gasteiger partial charge in [0.2, 0.25) is 0 Å². The summed E-state index contributed by atoms with van der Waals surface area (Å²) in [6.45, 7) is 0. The monoisotopic (exact) mass is 218 g/mol. The van der Waals surface area contributed by atoms with E-state index in [0.29, 0.717) is 5.56 Å². The largest absolute Gasteiger partial charge is 0.465 e. The zero-order valence-corrected chi connectivity index (χ0v) is 9.40. The molecule has 0 heterocycles. The van der Waals surface area contributed by atoms with Crippen molar-refractivity contribution in [3.8, 4) is 0 Å². The van der Waals surface area contributed by atoms with Crippen molar-refractivity contribution in [2.45, 2.75) is 12.5 Å². The van der Waals surface area contributed by atoms with Crippen molar-refractivity contribution in [2.75, 3.05) is 14.2 Å². The lowest BCUT2D eigenvalue weighted by atomic mass is 9.94. The van der Waals surface area contributed by atoms with Gasteiger partial charge in [-0.3, -0.25) is 0 Å². The van der Waals surface area contributed by atoms with Crippen LogP contribution >= 0.6 is 0 Å². The SMILES string of the molecule is COC(=O)c1ccc2c(c1)C=CC(OC)C2. The van der Waals surface area contributed by atoms with Crippen LogP contribution in [0, 0.1) is 0 Å². The minimum atomic E-state index is -0.301. The van der Waals surface area contributed by atoms with E-state index in [2.05, 4.69) is 4.74 Å². The van der Waals surface area contributed by atoms with Crippen LogP contribution in [0.15, 0.2) is 24.3 Å². The van der Waals surface area contributed by atoms with Gasteiger partial charge in [0.1, 0.15) is 0 Å². The average Bonchev–Trinajstić information content (AvgIpc) is 2.36. The molecule has 0 radical (unpaired) electrons. The highest BCUT2D eigenvalue weighted by Crippen LogP contribution is 2.22. The first-order valence-corrected chi connectivity index (χ1v) is 5.17. The zero-order chi connectivity index (χ0) is 11.5. The highest BCUT2D eigenvalue weighted by Gasteiger charge is 2.15. The molecule has 16 heavy (non-hydrogen) atoms. The van der Waals surface area contributed by atoms with Crippen molar-refractivity contribution in [1.82, 2.24) is 0 Å². The van der Waals surface area contributed by atoms with Gasteiger partial charge in [0, 0.05) is 13.5 Å². The van der Waals surface area contributed by atoms with Crippen molar-refractivity contribution in [1.29, 1.82) is 0 Å². The highest BCUT2D eigenvalue weighted by atomic mass is 16.5. The molecule has 0 aromatic heterocycles. The van der Waals surface area contributed by atoms with E-state index in [9.17, 15) is 4.79 Å². The highest BCUT2D eigenvalue weighted by molar-refractivity contribution is 5.90. The fourth-order valence-corrected chi connectivity index (χ4v) is 1.84. The number of esters is 1. The number of rotatable bonds is 2. The summed E-state index contributed by atoms with van der Waals surface area (Å²) in [6, 6.07) is 5.59. The lowest BCUT2D eigenvalue weighted by molar-refractivity contribution is 0.0600. The molecule has 1 atom stereocenters. The van der Waals surface area contributed by atoms with Gasteiger partial charge in [0.05, 0.1) is 18.8 Å². The van der Waals surface area contributed by atoms with Crippen LogP contribution in [0.2, 0.25) is 0 Å². The van der Waals surface area contributed by atoms with Crippen molar-refractivity contribution >= 4 is 12.0 Å². The number of hydrogen-bond donors (Lipinski definition) is 0. The third kappa shape index (κ3) is 1.99. The summed E-state index contributed by atoms with van der Waals surface area (Å²) >= 11 is 0. The molecule has 84 valence electrons. The van der Waals surface area contributed by atoms with E-state index in [0.717, 1.165) is 12.0 Å². The van der Waals surface area contributed by atoms with Gasteiger partial charge in [0.15, 0.2) is 0 Å². The molecule has 0 aliphatic heterocycles. The summed E-state index contributed by atoms with van der Waals surface area (Å²) in [5, 5.41) is 0. The number of ether oxygens (including phenoxy) is 2. The molecule has 3 nitrogen and oxygen atoms in total. The standard InChI is InChI=1S/C13H14O3/c1-15-12-6-5-9-7-11(13(14)16-2)4-3-10(9)8-12/h3-7,12H,8H2,1-2H3. The summed E-state index contributed by atoms with van der Waals surface area (Å²) in [4.78, 5) is 11.3. The molecule has 1 aromatic carbocycles. The molecule has 2 rings (SSSR count). The fourth-order valence-electron chi connectivity index (χ4n) is 1.84. The number of fused-ring (bicyclic) bond motifs is 1. The van der Waals surface area contributed by atoms with Gasteiger partial charge in [-0.25, -0.2) is 4.79 Å². The first-order valence-electron chi connectivity index (χ1n) is 5.17. The number of hydrogen-bond acceptors (Lipinski definition) is 3. The van der Waals surface area contributed by atoms with E-state index in [1.165, 1.54) is 12.7 Å². The fraction of sp³-hybridized carbons (Fsp3) is 0.308. The number of carbonyl (C=O) groups excluding carboxylic acids is 1. The van der Waals surface area contributed by atoms with E-state index in [1.54, 1.807) is 13.2 Å². The summed E-state index contributed by atoms with van der Waals surface area (Å²) in [7, 11) is 3.08. The van der Waals surface area contributed by atoms with Crippen LogP contribution in [0.4, 0.5) is 0 Å². The van der Waals surface area contributed by atoms with Crippen LogP contribution in [0.1, 0.15) is 21.5 Å². The lowest BCUT2D eigenvalue weighted by Gasteiger charge is -2.18. The Bertz CT molecular complexity index is 435. The van der Waals surface area contributed by atoms with Crippen LogP contribution in [0.3, 0.4) is 0 Å². The van der Waals surface area contributed by atoms with Crippen molar-refractivity contribution in [3.05, 3.63) is 41.0 Å². The van der Waals surface area contributed by atoms with Crippen LogP contribution in [-0.4, -0.2) is 26.3 Å². The molecule has 1 unspecified atom stereocenters. The van der Waals surface area contributed by atoms with E-state index in [4.69, 9.17) is 4.74 Å². The average molecular weight is 218 g/mol. The molecular formula is C13H14O3. The molecular weight excluding hydrogens is 204 g/mol. The predicted molar refractivity (Wildman–Crippen MR) is 61.3 cm³/mol. The Kier molecular flexibility index (Phi) is 3.06. The van der Waals surface area contributed by atoms with Gasteiger partial charge in [0.25, 0.3) is 0 Å². The molecule has 0 amide bonds. The Hall–Kier alpha value is -1.61. The summed E-state index contributed by atoms with van der Waals surface area (Å²) in [5.74, 6) is -0.301. The topological polar surface area (TPSA) is 35.5 Å². The molecule has 3 heteroatoms. The third-order valence-corrected chi connectivity index (χ3v) is 2.78. The van der Waals surface area contributed by atoms with Crippen molar-refractivity contribution in [2.24, 2.45) is 0 Å². The maximum Gasteiger partial charge on any atom is 0.337 e. The quantitative estimate of drug-likeness (QED) is 0.713. The van der Waals surface area contributed by atoms with Crippen LogP contribution in [0.25, 0.3) is 6.08 Å². The summed E-state index contributed by atoms with van der Waals surface area (Å²) < 4.78 is 9.95. The zero-order valence-electron chi connectivity index (χ0n) is 9.40. The summed E-state index contributed by atoms with van der Waals surface area (Å²) in [5.41, 5.74) is 2.85. The lowest BCUT2D eigenvalue weighted by Crippen LogP contribution is -2.15. The summed E-state index contributed by atoms with van der Waals surface area (Å²) in [6.07, 6.45) is 4.98. The minimum Gasteiger partial charge on any atom is -0.465 e. The van der Waals surface area contributed by atoms with Crippen LogP contribution in [-0.2, 0) is 15.9 Å². The molecule has 0 saturated heterocycles. The van der Waals surface area contributed by atoms with Crippen LogP contribution < -0.4 is 0 Å². The number of methoxy groups -OCH3 is 2. The van der Waals surface area contributed by atoms with E-state index < -0.39 is 0 Å². The molecule has 0 N–H and O–H groups in total. The molecule has 0 bridgehead atoms. The van der Waals surface area contributed by atoms with Gasteiger partial charge < -0.3 is 9.47 Å². The van der Waals surface area contributed by atoms with Gasteiger partial charge in [-0.1, -0.05) is 18.2 Å². The first-order chi connectivity index (χ1) is 7.74. The third-order valence-electron chi connectivity index (χ3n) is 2.78. The van der Waals surface area contributed by atoms with Gasteiger partial charge in [-0.05, 0) is 23.3 Å². The predicted octanol–water partition coefficient (Wildman–Crippen LogP) is 2.06. The molecule has 1 aromatic rings. The Morgan fingerprint density at radius 1 is 1.38 bits per heavy atom. The van der Waals surface area contributed by atoms with E-state index in [-0.39, 0.29) is 12.1 Å². The maximum absolute atomic E-state index is 11.3. The maximum atomic E-state index is 11.3. The number of benzene rings is 1. The Morgan fingerprint density at radius 3 is 2.88 bits per heavy atom. The second kappa shape index (κ2) is 4.49. The van der Waals surface area contributed by atoms with Gasteiger partial charge >= 0.3 is 5.97 Å². The minimum absolute atomic E-state index is 0.136. The van der Waals surface area contributed by atoms with Crippen molar-refractivity contribution in [3.63, 3.8) is 0 Å². The van der Waals surface area contributed by atoms with E-state index >= 15 is 0 Å². The van der Waals surface area contributed by atoms with Gasteiger partial charge in [-0.15, -0.1) is 0 Å². The van der Waals surface area contributed by atoms with Gasteiger partial charge in [-0.2, -0.15) is 0 Å². The van der Waals surface area contributed by atoms with Crippen molar-refractivity contribution < 1.29 is 14.3 Å². The molecule has 0 fully saturated rings. The van der Waals surface area contributed by atoms with Crippen LogP contribution in [0.5, 0.6) is 0 Å². The second-order valence-electron chi connectivity index (χ2n) is 3.74. The second-order valence-corrected chi connectivity index (χ2v) is 3.74. The Labute approximate surface area is 94.7 Å². The molecule has 0 saturated carbocycles. The number of carbonyl (C=O) groups is 1. The Morgan fingerprint density at radius 2 is 2.19 bits per heavy atom.